The van der Waals surface area contributed by atoms with E-state index in [0.29, 0.717) is 12.1 Å². The van der Waals surface area contributed by atoms with E-state index in [1.807, 2.05) is 42.5 Å². The molecule has 140 valence electrons. The Bertz CT molecular complexity index is 613. The number of esters is 1. The maximum Gasteiger partial charge on any atom is 0.306 e. The molecule has 25 heavy (non-hydrogen) atoms. The van der Waals surface area contributed by atoms with Gasteiger partial charge in [-0.1, -0.05) is 28.0 Å². The molecular weight excluding hydrogens is 358 g/mol. The fourth-order valence-electron chi connectivity index (χ4n) is 2.69. The Morgan fingerprint density at radius 3 is 2.76 bits per heavy atom. The van der Waals surface area contributed by atoms with Gasteiger partial charge in [0.25, 0.3) is 5.91 Å². The number of anilines is 1. The smallest absolute Gasteiger partial charge is 0.306 e. The van der Waals surface area contributed by atoms with Crippen LogP contribution in [0.5, 0.6) is 0 Å². The summed E-state index contributed by atoms with van der Waals surface area (Å²) in [4.78, 5) is 24.2. The van der Waals surface area contributed by atoms with Crippen LogP contribution in [0.1, 0.15) is 50.4 Å². The van der Waals surface area contributed by atoms with Crippen molar-refractivity contribution in [2.24, 2.45) is 7.05 Å². The van der Waals surface area contributed by atoms with Gasteiger partial charge in [-0.2, -0.15) is 5.10 Å². The zero-order valence-corrected chi connectivity index (χ0v) is 17.0. The van der Waals surface area contributed by atoms with Crippen molar-refractivity contribution in [3.8, 4) is 0 Å². The Morgan fingerprint density at radius 1 is 1.40 bits per heavy atom. The van der Waals surface area contributed by atoms with E-state index in [0.717, 1.165) is 35.9 Å². The summed E-state index contributed by atoms with van der Waals surface area (Å²) in [6, 6.07) is 0. The molecule has 1 N–H and O–H groups in total. The van der Waals surface area contributed by atoms with Crippen molar-refractivity contribution in [3.05, 3.63) is 11.4 Å². The van der Waals surface area contributed by atoms with Gasteiger partial charge in [0.1, 0.15) is 0 Å². The molecule has 8 heteroatoms. The minimum Gasteiger partial charge on any atom is -0.453 e. The van der Waals surface area contributed by atoms with Crippen molar-refractivity contribution in [1.82, 2.24) is 9.78 Å². The van der Waals surface area contributed by atoms with E-state index in [1.165, 1.54) is 12.2 Å². The third-order valence-electron chi connectivity index (χ3n) is 4.32. The van der Waals surface area contributed by atoms with Crippen molar-refractivity contribution >= 4 is 39.2 Å². The average molecular weight is 386 g/mol. The molecule has 2 rings (SSSR count). The summed E-state index contributed by atoms with van der Waals surface area (Å²) in [6.07, 6.45) is 3.82. The molecule has 0 aliphatic carbocycles. The highest BCUT2D eigenvalue weighted by molar-refractivity contribution is 8.77. The summed E-state index contributed by atoms with van der Waals surface area (Å²) in [5, 5.41) is 7.79. The largest absolute Gasteiger partial charge is 0.453 e. The third-order valence-corrected chi connectivity index (χ3v) is 7.33. The second-order valence-corrected chi connectivity index (χ2v) is 9.15. The second kappa shape index (κ2) is 9.52. The van der Waals surface area contributed by atoms with E-state index in [4.69, 9.17) is 4.74 Å². The van der Waals surface area contributed by atoms with Gasteiger partial charge >= 0.3 is 5.97 Å². The number of unbranched alkanes of at least 4 members (excludes halogenated alkanes) is 1. The highest BCUT2D eigenvalue weighted by Gasteiger charge is 2.21. The van der Waals surface area contributed by atoms with E-state index >= 15 is 0 Å². The minimum atomic E-state index is -0.812. The third kappa shape index (κ3) is 5.95. The number of hydrogen-bond donors (Lipinski definition) is 1. The standard InChI is InChI=1S/C17H27N3O3S2/c1-11-16(12(2)20(4)19-11)18-17(22)13(3)23-15(21)8-6-5-7-14-9-10-24-25-14/h13-14H,5-10H2,1-4H3,(H,18,22)/t13-,14-/m0/s1. The average Bonchev–Trinajstić information content (AvgIpc) is 3.15. The molecule has 2 atom stereocenters. The first-order valence-corrected chi connectivity index (χ1v) is 11.1. The molecule has 0 saturated carbocycles. The fraction of sp³-hybridized carbons (Fsp3) is 0.706. The Balaban J connectivity index is 1.69. The molecule has 1 aliphatic heterocycles. The first kappa shape index (κ1) is 20.2. The van der Waals surface area contributed by atoms with Crippen molar-refractivity contribution in [1.29, 1.82) is 0 Å². The molecule has 0 unspecified atom stereocenters. The zero-order valence-electron chi connectivity index (χ0n) is 15.3. The predicted octanol–water partition coefficient (Wildman–Crippen LogP) is 3.62. The van der Waals surface area contributed by atoms with E-state index in [9.17, 15) is 9.59 Å². The van der Waals surface area contributed by atoms with Crippen LogP contribution in [0.15, 0.2) is 0 Å². The molecule has 0 aromatic carbocycles. The van der Waals surface area contributed by atoms with Gasteiger partial charge in [0.15, 0.2) is 6.10 Å². The molecular formula is C17H27N3O3S2. The molecule has 1 amide bonds. The number of rotatable bonds is 8. The predicted molar refractivity (Wildman–Crippen MR) is 104 cm³/mol. The van der Waals surface area contributed by atoms with Crippen LogP contribution in [0.2, 0.25) is 0 Å². The van der Waals surface area contributed by atoms with Crippen molar-refractivity contribution < 1.29 is 14.3 Å². The molecule has 1 fully saturated rings. The molecule has 1 aromatic heterocycles. The van der Waals surface area contributed by atoms with E-state index in [1.54, 1.807) is 11.6 Å². The van der Waals surface area contributed by atoms with Gasteiger partial charge in [-0.15, -0.1) is 0 Å². The molecule has 0 spiro atoms. The number of nitrogens with one attached hydrogen (secondary N) is 1. The van der Waals surface area contributed by atoms with Crippen LogP contribution in [0.25, 0.3) is 0 Å². The zero-order chi connectivity index (χ0) is 18.4. The maximum absolute atomic E-state index is 12.2. The summed E-state index contributed by atoms with van der Waals surface area (Å²) < 4.78 is 6.97. The van der Waals surface area contributed by atoms with Crippen LogP contribution in [0, 0.1) is 13.8 Å². The van der Waals surface area contributed by atoms with Crippen LogP contribution in [-0.4, -0.2) is 38.8 Å². The van der Waals surface area contributed by atoms with Gasteiger partial charge in [0.05, 0.1) is 17.1 Å². The summed E-state index contributed by atoms with van der Waals surface area (Å²) in [7, 11) is 5.72. The number of carbonyl (C=O) groups excluding carboxylic acids is 2. The number of ether oxygens (including phenoxy) is 1. The van der Waals surface area contributed by atoms with Gasteiger partial charge in [-0.3, -0.25) is 14.3 Å². The van der Waals surface area contributed by atoms with Crippen LogP contribution >= 0.6 is 21.6 Å². The summed E-state index contributed by atoms with van der Waals surface area (Å²) in [5.74, 6) is 0.600. The lowest BCUT2D eigenvalue weighted by Crippen LogP contribution is -2.30. The van der Waals surface area contributed by atoms with Crippen LogP contribution in [-0.2, 0) is 21.4 Å². The Kier molecular flexibility index (Phi) is 7.68. The quantitative estimate of drug-likeness (QED) is 0.419. The monoisotopic (exact) mass is 385 g/mol. The lowest BCUT2D eigenvalue weighted by molar-refractivity contribution is -0.153. The van der Waals surface area contributed by atoms with Gasteiger partial charge < -0.3 is 10.1 Å². The first-order chi connectivity index (χ1) is 11.9. The van der Waals surface area contributed by atoms with Crippen LogP contribution in [0.3, 0.4) is 0 Å². The van der Waals surface area contributed by atoms with E-state index < -0.39 is 6.10 Å². The van der Waals surface area contributed by atoms with Crippen molar-refractivity contribution in [2.75, 3.05) is 11.1 Å². The molecule has 2 heterocycles. The van der Waals surface area contributed by atoms with E-state index in [2.05, 4.69) is 10.4 Å². The normalized spacial score (nSPS) is 18.2. The number of hydrogen-bond acceptors (Lipinski definition) is 6. The molecule has 1 saturated heterocycles. The van der Waals surface area contributed by atoms with E-state index in [-0.39, 0.29) is 11.9 Å². The number of carbonyl (C=O) groups is 2. The summed E-state index contributed by atoms with van der Waals surface area (Å²) in [6.45, 7) is 5.31. The topological polar surface area (TPSA) is 73.2 Å². The first-order valence-electron chi connectivity index (χ1n) is 8.67. The number of amides is 1. The summed E-state index contributed by atoms with van der Waals surface area (Å²) in [5.41, 5.74) is 2.30. The number of nitrogens with zero attached hydrogens (tertiary/aromatic N) is 2. The molecule has 1 aliphatic rings. The highest BCUT2D eigenvalue weighted by Crippen LogP contribution is 2.39. The molecule has 0 bridgehead atoms. The van der Waals surface area contributed by atoms with Gasteiger partial charge in [0, 0.05) is 24.5 Å². The highest BCUT2D eigenvalue weighted by atomic mass is 33.1. The number of aryl methyl sites for hydroxylation is 2. The fourth-order valence-corrected chi connectivity index (χ4v) is 5.72. The van der Waals surface area contributed by atoms with Gasteiger partial charge in [-0.05, 0) is 40.0 Å². The Labute approximate surface area is 157 Å². The maximum atomic E-state index is 12.2. The van der Waals surface area contributed by atoms with Crippen LogP contribution in [0.4, 0.5) is 5.69 Å². The van der Waals surface area contributed by atoms with Crippen molar-refractivity contribution in [2.45, 2.75) is 64.2 Å². The lowest BCUT2D eigenvalue weighted by Gasteiger charge is -2.14. The Hall–Kier alpha value is -1.15. The minimum absolute atomic E-state index is 0.310. The van der Waals surface area contributed by atoms with Gasteiger partial charge in [0.2, 0.25) is 0 Å². The molecule has 0 radical (unpaired) electrons. The Morgan fingerprint density at radius 2 is 2.16 bits per heavy atom. The molecule has 1 aromatic rings. The van der Waals surface area contributed by atoms with Gasteiger partial charge in [-0.25, -0.2) is 0 Å². The SMILES string of the molecule is Cc1nn(C)c(C)c1NC(=O)[C@H](C)OC(=O)CCCC[C@H]1CCSS1. The number of aromatic nitrogens is 2. The van der Waals surface area contributed by atoms with Crippen molar-refractivity contribution in [3.63, 3.8) is 0 Å². The second-order valence-electron chi connectivity index (χ2n) is 6.37. The van der Waals surface area contributed by atoms with Crippen LogP contribution < -0.4 is 5.32 Å². The summed E-state index contributed by atoms with van der Waals surface area (Å²) >= 11 is 0. The lowest BCUT2D eigenvalue weighted by atomic mass is 10.1. The molecule has 6 nitrogen and oxygen atoms in total.